The van der Waals surface area contributed by atoms with Crippen LogP contribution < -0.4 is 10.6 Å². The van der Waals surface area contributed by atoms with Crippen molar-refractivity contribution < 1.29 is 4.79 Å². The molecule has 0 saturated heterocycles. The smallest absolute Gasteiger partial charge is 0.252 e. The number of carbonyl (C=O) groups is 1. The maximum absolute atomic E-state index is 12.7. The summed E-state index contributed by atoms with van der Waals surface area (Å²) >= 11 is 0. The quantitative estimate of drug-likeness (QED) is 0.639. The molecule has 0 unspecified atom stereocenters. The van der Waals surface area contributed by atoms with Crippen LogP contribution in [-0.2, 0) is 6.42 Å². The minimum absolute atomic E-state index is 0.0462. The van der Waals surface area contributed by atoms with E-state index in [0.29, 0.717) is 12.1 Å². The van der Waals surface area contributed by atoms with E-state index in [4.69, 9.17) is 0 Å². The van der Waals surface area contributed by atoms with Gasteiger partial charge in [0.1, 0.15) is 0 Å². The van der Waals surface area contributed by atoms with Crippen LogP contribution in [0.3, 0.4) is 0 Å². The molecule has 1 amide bonds. The number of aromatic nitrogens is 2. The Morgan fingerprint density at radius 2 is 2.04 bits per heavy atom. The van der Waals surface area contributed by atoms with Gasteiger partial charge in [-0.15, -0.1) is 0 Å². The number of anilines is 1. The zero-order chi connectivity index (χ0) is 18.4. The third kappa shape index (κ3) is 4.36. The van der Waals surface area contributed by atoms with Crippen molar-refractivity contribution in [3.63, 3.8) is 0 Å². The average Bonchev–Trinajstić information content (AvgIpc) is 2.67. The van der Waals surface area contributed by atoms with Gasteiger partial charge < -0.3 is 10.6 Å². The van der Waals surface area contributed by atoms with Crippen molar-refractivity contribution in [1.82, 2.24) is 15.3 Å². The molecule has 0 radical (unpaired) electrons. The van der Waals surface area contributed by atoms with E-state index in [1.807, 2.05) is 31.2 Å². The van der Waals surface area contributed by atoms with Crippen LogP contribution in [0.25, 0.3) is 10.9 Å². The van der Waals surface area contributed by atoms with E-state index < -0.39 is 0 Å². The first-order valence-corrected chi connectivity index (χ1v) is 8.99. The SMILES string of the molecule is CCc1ccc2nc(C)cc(C(=O)NCCCNc3cccnc3)c2c1. The Morgan fingerprint density at radius 1 is 1.15 bits per heavy atom. The van der Waals surface area contributed by atoms with E-state index in [-0.39, 0.29) is 5.91 Å². The summed E-state index contributed by atoms with van der Waals surface area (Å²) in [5, 5.41) is 7.23. The number of hydrogen-bond acceptors (Lipinski definition) is 4. The van der Waals surface area contributed by atoms with Crippen LogP contribution in [-0.4, -0.2) is 29.0 Å². The molecule has 3 aromatic rings. The second-order valence-electron chi connectivity index (χ2n) is 6.29. The molecular weight excluding hydrogens is 324 g/mol. The van der Waals surface area contributed by atoms with E-state index in [1.165, 1.54) is 5.56 Å². The van der Waals surface area contributed by atoms with Crippen LogP contribution in [0.15, 0.2) is 48.8 Å². The lowest BCUT2D eigenvalue weighted by molar-refractivity contribution is 0.0955. The molecule has 5 nitrogen and oxygen atoms in total. The Kier molecular flexibility index (Phi) is 5.79. The van der Waals surface area contributed by atoms with Gasteiger partial charge in [0, 0.05) is 36.6 Å². The number of rotatable bonds is 7. The molecule has 134 valence electrons. The third-order valence-corrected chi connectivity index (χ3v) is 4.28. The minimum atomic E-state index is -0.0462. The number of nitrogens with one attached hydrogen (secondary N) is 2. The maximum Gasteiger partial charge on any atom is 0.252 e. The van der Waals surface area contributed by atoms with Gasteiger partial charge >= 0.3 is 0 Å². The Hall–Kier alpha value is -2.95. The molecule has 0 aliphatic heterocycles. The van der Waals surface area contributed by atoms with Gasteiger partial charge in [-0.2, -0.15) is 0 Å². The number of hydrogen-bond donors (Lipinski definition) is 2. The van der Waals surface area contributed by atoms with Crippen LogP contribution in [0.1, 0.15) is 35.0 Å². The zero-order valence-electron chi connectivity index (χ0n) is 15.2. The summed E-state index contributed by atoms with van der Waals surface area (Å²) in [7, 11) is 0. The van der Waals surface area contributed by atoms with Crippen LogP contribution in [0.5, 0.6) is 0 Å². The molecular formula is C21H24N4O. The van der Waals surface area contributed by atoms with Crippen molar-refractivity contribution in [2.45, 2.75) is 26.7 Å². The van der Waals surface area contributed by atoms with Gasteiger partial charge in [-0.05, 0) is 55.7 Å². The van der Waals surface area contributed by atoms with Crippen molar-refractivity contribution in [2.75, 3.05) is 18.4 Å². The largest absolute Gasteiger partial charge is 0.384 e. The number of fused-ring (bicyclic) bond motifs is 1. The summed E-state index contributed by atoms with van der Waals surface area (Å²) in [6.45, 7) is 5.42. The lowest BCUT2D eigenvalue weighted by Gasteiger charge is -2.11. The summed E-state index contributed by atoms with van der Waals surface area (Å²) in [5.41, 5.74) is 4.61. The van der Waals surface area contributed by atoms with Crippen LogP contribution >= 0.6 is 0 Å². The number of pyridine rings is 2. The van der Waals surface area contributed by atoms with Crippen molar-refractivity contribution in [1.29, 1.82) is 0 Å². The molecule has 0 atom stereocenters. The fourth-order valence-electron chi connectivity index (χ4n) is 2.90. The summed E-state index contributed by atoms with van der Waals surface area (Å²) in [6.07, 6.45) is 5.31. The van der Waals surface area contributed by atoms with Crippen LogP contribution in [0.4, 0.5) is 5.69 Å². The van der Waals surface area contributed by atoms with Crippen molar-refractivity contribution in [2.24, 2.45) is 0 Å². The van der Waals surface area contributed by atoms with Gasteiger partial charge in [-0.1, -0.05) is 13.0 Å². The van der Waals surface area contributed by atoms with E-state index in [2.05, 4.69) is 39.7 Å². The van der Waals surface area contributed by atoms with Gasteiger partial charge in [0.05, 0.1) is 16.8 Å². The molecule has 0 aliphatic rings. The summed E-state index contributed by atoms with van der Waals surface area (Å²) in [6, 6.07) is 11.9. The highest BCUT2D eigenvalue weighted by atomic mass is 16.1. The molecule has 2 heterocycles. The second kappa shape index (κ2) is 8.43. The summed E-state index contributed by atoms with van der Waals surface area (Å²) in [5.74, 6) is -0.0462. The number of nitrogens with zero attached hydrogens (tertiary/aromatic N) is 2. The monoisotopic (exact) mass is 348 g/mol. The first-order chi connectivity index (χ1) is 12.7. The zero-order valence-corrected chi connectivity index (χ0v) is 15.2. The normalized spacial score (nSPS) is 10.7. The third-order valence-electron chi connectivity index (χ3n) is 4.28. The minimum Gasteiger partial charge on any atom is -0.384 e. The van der Waals surface area contributed by atoms with Gasteiger partial charge in [0.15, 0.2) is 0 Å². The van der Waals surface area contributed by atoms with E-state index in [0.717, 1.165) is 41.7 Å². The molecule has 0 spiro atoms. The predicted octanol–water partition coefficient (Wildman–Crippen LogP) is 3.73. The van der Waals surface area contributed by atoms with Crippen molar-refractivity contribution in [3.05, 3.63) is 65.6 Å². The fraction of sp³-hybridized carbons (Fsp3) is 0.286. The molecule has 1 aromatic carbocycles. The fourth-order valence-corrected chi connectivity index (χ4v) is 2.90. The highest BCUT2D eigenvalue weighted by molar-refractivity contribution is 6.06. The molecule has 5 heteroatoms. The van der Waals surface area contributed by atoms with E-state index in [1.54, 1.807) is 12.4 Å². The van der Waals surface area contributed by atoms with Gasteiger partial charge in [0.25, 0.3) is 5.91 Å². The van der Waals surface area contributed by atoms with Crippen molar-refractivity contribution in [3.8, 4) is 0 Å². The Labute approximate surface area is 153 Å². The first-order valence-electron chi connectivity index (χ1n) is 8.99. The highest BCUT2D eigenvalue weighted by Gasteiger charge is 2.12. The molecule has 0 fully saturated rings. The summed E-state index contributed by atoms with van der Waals surface area (Å²) in [4.78, 5) is 21.3. The first kappa shape index (κ1) is 17.9. The molecule has 3 rings (SSSR count). The Balaban J connectivity index is 1.62. The van der Waals surface area contributed by atoms with Crippen molar-refractivity contribution >= 4 is 22.5 Å². The molecule has 26 heavy (non-hydrogen) atoms. The molecule has 2 aromatic heterocycles. The Bertz CT molecular complexity index is 893. The number of carbonyl (C=O) groups excluding carboxylic acids is 1. The average molecular weight is 348 g/mol. The van der Waals surface area contributed by atoms with Gasteiger partial charge in [0.2, 0.25) is 0 Å². The lowest BCUT2D eigenvalue weighted by atomic mass is 10.0. The van der Waals surface area contributed by atoms with E-state index >= 15 is 0 Å². The highest BCUT2D eigenvalue weighted by Crippen LogP contribution is 2.20. The Morgan fingerprint density at radius 3 is 2.81 bits per heavy atom. The lowest BCUT2D eigenvalue weighted by Crippen LogP contribution is -2.26. The van der Waals surface area contributed by atoms with E-state index in [9.17, 15) is 4.79 Å². The molecule has 2 N–H and O–H groups in total. The van der Waals surface area contributed by atoms with Crippen LogP contribution in [0, 0.1) is 6.92 Å². The number of amides is 1. The van der Waals surface area contributed by atoms with Gasteiger partial charge in [-0.25, -0.2) is 0 Å². The van der Waals surface area contributed by atoms with Gasteiger partial charge in [-0.3, -0.25) is 14.8 Å². The molecule has 0 saturated carbocycles. The standard InChI is InChI=1S/C21H24N4O/c1-3-16-7-8-20-18(13-16)19(12-15(2)25-20)21(26)24-11-5-10-23-17-6-4-9-22-14-17/h4,6-9,12-14,23H,3,5,10-11H2,1-2H3,(H,24,26). The van der Waals surface area contributed by atoms with Crippen LogP contribution in [0.2, 0.25) is 0 Å². The number of benzene rings is 1. The molecule has 0 aliphatic carbocycles. The summed E-state index contributed by atoms with van der Waals surface area (Å²) < 4.78 is 0. The topological polar surface area (TPSA) is 66.9 Å². The predicted molar refractivity (Wildman–Crippen MR) is 106 cm³/mol. The maximum atomic E-state index is 12.7. The number of aryl methyl sites for hydroxylation is 2. The second-order valence-corrected chi connectivity index (χ2v) is 6.29. The molecule has 0 bridgehead atoms.